The van der Waals surface area contributed by atoms with E-state index in [9.17, 15) is 9.59 Å². The minimum absolute atomic E-state index is 0.0448. The molecule has 3 rings (SSSR count). The monoisotopic (exact) mass is 355 g/mol. The molecular weight excluding hydrogens is 326 g/mol. The van der Waals surface area contributed by atoms with Crippen molar-refractivity contribution in [3.8, 4) is 0 Å². The van der Waals surface area contributed by atoms with Crippen molar-refractivity contribution in [3.05, 3.63) is 47.0 Å². The average Bonchev–Trinajstić information content (AvgIpc) is 2.96. The minimum atomic E-state index is -0.0628. The maximum absolute atomic E-state index is 12.5. The van der Waals surface area contributed by atoms with E-state index in [4.69, 9.17) is 0 Å². The SMILES string of the molecule is Cc1cccc(CN2CCN(CC(=O)NCCC3=CCCCC3)C2=O)c1. The maximum Gasteiger partial charge on any atom is 0.320 e. The summed E-state index contributed by atoms with van der Waals surface area (Å²) in [5.74, 6) is -0.0628. The number of benzene rings is 1. The molecule has 1 fully saturated rings. The molecule has 0 saturated carbocycles. The second-order valence-corrected chi connectivity index (χ2v) is 7.32. The van der Waals surface area contributed by atoms with Gasteiger partial charge in [-0.05, 0) is 44.6 Å². The van der Waals surface area contributed by atoms with Crippen LogP contribution in [0, 0.1) is 6.92 Å². The molecule has 0 aromatic heterocycles. The van der Waals surface area contributed by atoms with Gasteiger partial charge in [0.05, 0.1) is 0 Å². The Bertz CT molecular complexity index is 684. The fourth-order valence-electron chi connectivity index (χ4n) is 3.68. The Balaban J connectivity index is 1.41. The van der Waals surface area contributed by atoms with Crippen molar-refractivity contribution in [3.63, 3.8) is 0 Å². The highest BCUT2D eigenvalue weighted by molar-refractivity contribution is 5.85. The number of carbonyl (C=O) groups excluding carboxylic acids is 2. The number of amides is 3. The molecule has 0 atom stereocenters. The van der Waals surface area contributed by atoms with Crippen LogP contribution in [0.15, 0.2) is 35.9 Å². The number of hydrogen-bond acceptors (Lipinski definition) is 2. The van der Waals surface area contributed by atoms with Gasteiger partial charge in [-0.2, -0.15) is 0 Å². The summed E-state index contributed by atoms with van der Waals surface area (Å²) in [5.41, 5.74) is 3.78. The van der Waals surface area contributed by atoms with Crippen LogP contribution in [-0.2, 0) is 11.3 Å². The first-order chi connectivity index (χ1) is 12.6. The fraction of sp³-hybridized carbons (Fsp3) is 0.524. The molecule has 5 heteroatoms. The zero-order valence-corrected chi connectivity index (χ0v) is 15.7. The van der Waals surface area contributed by atoms with Gasteiger partial charge >= 0.3 is 6.03 Å². The topological polar surface area (TPSA) is 52.6 Å². The molecule has 1 saturated heterocycles. The summed E-state index contributed by atoms with van der Waals surface area (Å²) in [4.78, 5) is 28.1. The largest absolute Gasteiger partial charge is 0.354 e. The molecule has 0 radical (unpaired) electrons. The lowest BCUT2D eigenvalue weighted by Gasteiger charge is -2.19. The van der Waals surface area contributed by atoms with Crippen LogP contribution < -0.4 is 5.32 Å². The van der Waals surface area contributed by atoms with Crippen molar-refractivity contribution in [2.45, 2.75) is 45.6 Å². The number of nitrogens with zero attached hydrogens (tertiary/aromatic N) is 2. The molecule has 5 nitrogen and oxygen atoms in total. The molecule has 1 aromatic carbocycles. The molecule has 2 aliphatic rings. The number of rotatable bonds is 7. The van der Waals surface area contributed by atoms with Crippen LogP contribution in [0.5, 0.6) is 0 Å². The van der Waals surface area contributed by atoms with Crippen LogP contribution in [0.3, 0.4) is 0 Å². The van der Waals surface area contributed by atoms with Crippen molar-refractivity contribution in [2.75, 3.05) is 26.2 Å². The molecule has 0 unspecified atom stereocenters. The first kappa shape index (κ1) is 18.5. The zero-order valence-electron chi connectivity index (χ0n) is 15.7. The van der Waals surface area contributed by atoms with Crippen LogP contribution in [-0.4, -0.2) is 47.9 Å². The first-order valence-corrected chi connectivity index (χ1v) is 9.66. The van der Waals surface area contributed by atoms with Gasteiger partial charge in [0.2, 0.25) is 5.91 Å². The summed E-state index contributed by atoms with van der Waals surface area (Å²) in [6.07, 6.45) is 8.11. The predicted octanol–water partition coefficient (Wildman–Crippen LogP) is 3.24. The number of allylic oxidation sites excluding steroid dienone is 1. The van der Waals surface area contributed by atoms with E-state index in [2.05, 4.69) is 30.4 Å². The van der Waals surface area contributed by atoms with Crippen molar-refractivity contribution in [1.29, 1.82) is 0 Å². The summed E-state index contributed by atoms with van der Waals surface area (Å²) in [6.45, 7) is 4.76. The highest BCUT2D eigenvalue weighted by Gasteiger charge is 2.29. The van der Waals surface area contributed by atoms with Crippen LogP contribution in [0.1, 0.15) is 43.2 Å². The number of aryl methyl sites for hydroxylation is 1. The molecule has 1 aliphatic heterocycles. The Hall–Kier alpha value is -2.30. The highest BCUT2D eigenvalue weighted by Crippen LogP contribution is 2.19. The lowest BCUT2D eigenvalue weighted by molar-refractivity contribution is -0.121. The maximum atomic E-state index is 12.5. The summed E-state index contributed by atoms with van der Waals surface area (Å²) in [5, 5.41) is 2.96. The van der Waals surface area contributed by atoms with E-state index in [-0.39, 0.29) is 18.5 Å². The predicted molar refractivity (Wildman–Crippen MR) is 103 cm³/mol. The Morgan fingerprint density at radius 2 is 2.04 bits per heavy atom. The van der Waals surface area contributed by atoms with Gasteiger partial charge in [-0.15, -0.1) is 0 Å². The van der Waals surface area contributed by atoms with Crippen LogP contribution in [0.25, 0.3) is 0 Å². The molecular formula is C21H29N3O2. The van der Waals surface area contributed by atoms with E-state index < -0.39 is 0 Å². The average molecular weight is 355 g/mol. The Morgan fingerprint density at radius 3 is 2.81 bits per heavy atom. The van der Waals surface area contributed by atoms with Crippen LogP contribution >= 0.6 is 0 Å². The zero-order chi connectivity index (χ0) is 18.4. The van der Waals surface area contributed by atoms with Gasteiger partial charge in [-0.25, -0.2) is 4.79 Å². The van der Waals surface area contributed by atoms with E-state index >= 15 is 0 Å². The lowest BCUT2D eigenvalue weighted by Crippen LogP contribution is -2.40. The fourth-order valence-corrected chi connectivity index (χ4v) is 3.68. The molecule has 0 bridgehead atoms. The molecule has 3 amide bonds. The quantitative estimate of drug-likeness (QED) is 0.764. The number of urea groups is 1. The molecule has 1 N–H and O–H groups in total. The number of carbonyl (C=O) groups is 2. The van der Waals surface area contributed by atoms with Gasteiger partial charge in [-0.3, -0.25) is 4.79 Å². The van der Waals surface area contributed by atoms with E-state index in [1.54, 1.807) is 4.90 Å². The smallest absolute Gasteiger partial charge is 0.320 e. The number of nitrogens with one attached hydrogen (secondary N) is 1. The summed E-state index contributed by atoms with van der Waals surface area (Å²) in [6, 6.07) is 8.16. The van der Waals surface area contributed by atoms with Crippen LogP contribution in [0.2, 0.25) is 0 Å². The van der Waals surface area contributed by atoms with Crippen LogP contribution in [0.4, 0.5) is 4.79 Å². The standard InChI is InChI=1S/C21H29N3O2/c1-17-6-5-9-19(14-17)15-23-12-13-24(21(23)26)16-20(25)22-11-10-18-7-3-2-4-8-18/h5-7,9,14H,2-4,8,10-13,15-16H2,1H3,(H,22,25). The van der Waals surface area contributed by atoms with Gasteiger partial charge in [-0.1, -0.05) is 41.5 Å². The second-order valence-electron chi connectivity index (χ2n) is 7.32. The van der Waals surface area contributed by atoms with Crippen molar-refractivity contribution < 1.29 is 9.59 Å². The normalized spacial score (nSPS) is 17.4. The van der Waals surface area contributed by atoms with Gasteiger partial charge < -0.3 is 15.1 Å². The molecule has 1 aromatic rings. The third-order valence-electron chi connectivity index (χ3n) is 5.12. The molecule has 1 heterocycles. The second kappa shape index (κ2) is 8.88. The lowest BCUT2D eigenvalue weighted by atomic mass is 9.97. The molecule has 1 aliphatic carbocycles. The highest BCUT2D eigenvalue weighted by atomic mass is 16.2. The van der Waals surface area contributed by atoms with Gasteiger partial charge in [0.25, 0.3) is 0 Å². The minimum Gasteiger partial charge on any atom is -0.354 e. The van der Waals surface area contributed by atoms with Crippen molar-refractivity contribution >= 4 is 11.9 Å². The Labute approximate surface area is 156 Å². The van der Waals surface area contributed by atoms with E-state index in [0.29, 0.717) is 26.2 Å². The first-order valence-electron chi connectivity index (χ1n) is 9.66. The van der Waals surface area contributed by atoms with Gasteiger partial charge in [0.15, 0.2) is 0 Å². The third kappa shape index (κ3) is 5.10. The van der Waals surface area contributed by atoms with Gasteiger partial charge in [0, 0.05) is 26.2 Å². The van der Waals surface area contributed by atoms with Gasteiger partial charge in [0.1, 0.15) is 6.54 Å². The van der Waals surface area contributed by atoms with Crippen molar-refractivity contribution in [1.82, 2.24) is 15.1 Å². The summed E-state index contributed by atoms with van der Waals surface area (Å²) >= 11 is 0. The molecule has 26 heavy (non-hydrogen) atoms. The molecule has 140 valence electrons. The molecule has 0 spiro atoms. The van der Waals surface area contributed by atoms with Crippen molar-refractivity contribution in [2.24, 2.45) is 0 Å². The Morgan fingerprint density at radius 1 is 1.19 bits per heavy atom. The third-order valence-corrected chi connectivity index (χ3v) is 5.12. The number of hydrogen-bond donors (Lipinski definition) is 1. The summed E-state index contributed by atoms with van der Waals surface area (Å²) < 4.78 is 0. The summed E-state index contributed by atoms with van der Waals surface area (Å²) in [7, 11) is 0. The van der Waals surface area contributed by atoms with E-state index in [1.807, 2.05) is 17.0 Å². The Kier molecular flexibility index (Phi) is 6.31. The van der Waals surface area contributed by atoms with E-state index in [0.717, 1.165) is 18.4 Å². The van der Waals surface area contributed by atoms with E-state index in [1.165, 1.54) is 30.4 Å².